The highest BCUT2D eigenvalue weighted by atomic mass is 19.2. The summed E-state index contributed by atoms with van der Waals surface area (Å²) in [4.78, 5) is 9.06. The first-order valence-electron chi connectivity index (χ1n) is 10.8. The van der Waals surface area contributed by atoms with E-state index in [0.717, 1.165) is 51.3 Å². The van der Waals surface area contributed by atoms with Crippen LogP contribution >= 0.6 is 0 Å². The van der Waals surface area contributed by atoms with E-state index in [1.165, 1.54) is 37.0 Å². The van der Waals surface area contributed by atoms with Gasteiger partial charge < -0.3 is 10.2 Å². The van der Waals surface area contributed by atoms with Crippen LogP contribution in [0, 0.1) is 11.6 Å². The van der Waals surface area contributed by atoms with Crippen LogP contribution in [0.1, 0.15) is 43.7 Å². The molecule has 2 saturated heterocycles. The number of hydrogen-bond acceptors (Lipinski definition) is 4. The summed E-state index contributed by atoms with van der Waals surface area (Å²) in [5, 5.41) is 3.78. The van der Waals surface area contributed by atoms with Crippen molar-refractivity contribution in [2.45, 2.75) is 44.2 Å². The summed E-state index contributed by atoms with van der Waals surface area (Å²) in [6, 6.07) is 9.19. The standard InChI is InChI=1S/C23H30F2N4/c24-21-7-6-20(15-22(21)25)28-13-8-19(9-14-28)27-17-23(18-5-4-10-26-16-18)29-11-2-1-3-12-29/h4-7,10,15-16,19,23,27H,1-3,8-9,11-14,17H2/t23-/m0/s1. The molecule has 4 rings (SSSR count). The Bertz CT molecular complexity index is 772. The van der Waals surface area contributed by atoms with Gasteiger partial charge in [-0.05, 0) is 62.5 Å². The zero-order valence-electron chi connectivity index (χ0n) is 16.9. The van der Waals surface area contributed by atoms with E-state index in [0.29, 0.717) is 12.1 Å². The van der Waals surface area contributed by atoms with E-state index in [-0.39, 0.29) is 0 Å². The molecule has 156 valence electrons. The molecule has 0 saturated carbocycles. The second-order valence-electron chi connectivity index (χ2n) is 8.17. The minimum Gasteiger partial charge on any atom is -0.371 e. The number of nitrogens with one attached hydrogen (secondary N) is 1. The van der Waals surface area contributed by atoms with Crippen LogP contribution in [0.4, 0.5) is 14.5 Å². The maximum atomic E-state index is 13.5. The van der Waals surface area contributed by atoms with E-state index in [4.69, 9.17) is 0 Å². The number of aromatic nitrogens is 1. The van der Waals surface area contributed by atoms with Gasteiger partial charge in [-0.3, -0.25) is 9.88 Å². The summed E-state index contributed by atoms with van der Waals surface area (Å²) in [6.07, 6.45) is 9.68. The normalized spacial score (nSPS) is 20.0. The van der Waals surface area contributed by atoms with E-state index in [1.54, 1.807) is 6.07 Å². The first kappa shape index (κ1) is 20.2. The van der Waals surface area contributed by atoms with Gasteiger partial charge in [-0.1, -0.05) is 12.5 Å². The maximum Gasteiger partial charge on any atom is 0.160 e. The molecule has 0 aliphatic carbocycles. The highest BCUT2D eigenvalue weighted by Crippen LogP contribution is 2.25. The van der Waals surface area contributed by atoms with Crippen LogP contribution in [0.5, 0.6) is 0 Å². The molecule has 0 radical (unpaired) electrons. The molecule has 1 aromatic carbocycles. The lowest BCUT2D eigenvalue weighted by atomic mass is 10.0. The lowest BCUT2D eigenvalue weighted by Gasteiger charge is -2.38. The second kappa shape index (κ2) is 9.63. The van der Waals surface area contributed by atoms with Gasteiger partial charge in [0.15, 0.2) is 11.6 Å². The van der Waals surface area contributed by atoms with Crippen molar-refractivity contribution in [3.05, 3.63) is 59.9 Å². The van der Waals surface area contributed by atoms with Crippen molar-refractivity contribution in [3.8, 4) is 0 Å². The molecule has 0 spiro atoms. The number of hydrogen-bond donors (Lipinski definition) is 1. The van der Waals surface area contributed by atoms with Crippen LogP contribution in [0.2, 0.25) is 0 Å². The Balaban J connectivity index is 1.33. The van der Waals surface area contributed by atoms with Gasteiger partial charge >= 0.3 is 0 Å². The molecule has 2 aliphatic rings. The van der Waals surface area contributed by atoms with Gasteiger partial charge in [0.05, 0.1) is 0 Å². The molecular weight excluding hydrogens is 370 g/mol. The minimum absolute atomic E-state index is 0.355. The van der Waals surface area contributed by atoms with Crippen molar-refractivity contribution in [2.75, 3.05) is 37.6 Å². The molecule has 3 heterocycles. The van der Waals surface area contributed by atoms with Crippen LogP contribution in [-0.4, -0.2) is 48.6 Å². The predicted octanol–water partition coefficient (Wildman–Crippen LogP) is 4.15. The van der Waals surface area contributed by atoms with Crippen molar-refractivity contribution >= 4 is 5.69 Å². The number of nitrogens with zero attached hydrogens (tertiary/aromatic N) is 3. The van der Waals surface area contributed by atoms with Gasteiger partial charge in [-0.15, -0.1) is 0 Å². The van der Waals surface area contributed by atoms with Gasteiger partial charge in [0.2, 0.25) is 0 Å². The predicted molar refractivity (Wildman–Crippen MR) is 112 cm³/mol. The molecule has 1 aromatic heterocycles. The third-order valence-electron chi connectivity index (χ3n) is 6.26. The van der Waals surface area contributed by atoms with Gasteiger partial charge in [0, 0.05) is 55.9 Å². The Morgan fingerprint density at radius 3 is 2.48 bits per heavy atom. The van der Waals surface area contributed by atoms with Crippen LogP contribution in [-0.2, 0) is 0 Å². The van der Waals surface area contributed by atoms with Gasteiger partial charge in [-0.2, -0.15) is 0 Å². The fourth-order valence-electron chi connectivity index (χ4n) is 4.56. The van der Waals surface area contributed by atoms with E-state index < -0.39 is 11.6 Å². The second-order valence-corrected chi connectivity index (χ2v) is 8.17. The Morgan fingerprint density at radius 1 is 1.00 bits per heavy atom. The number of anilines is 1. The lowest BCUT2D eigenvalue weighted by Crippen LogP contribution is -2.46. The average molecular weight is 401 g/mol. The van der Waals surface area contributed by atoms with Gasteiger partial charge in [-0.25, -0.2) is 8.78 Å². The average Bonchev–Trinajstić information content (AvgIpc) is 2.78. The highest BCUT2D eigenvalue weighted by molar-refractivity contribution is 5.47. The number of benzene rings is 1. The molecule has 2 fully saturated rings. The van der Waals surface area contributed by atoms with Crippen molar-refractivity contribution in [1.82, 2.24) is 15.2 Å². The molecule has 1 atom stereocenters. The van der Waals surface area contributed by atoms with Crippen LogP contribution in [0.25, 0.3) is 0 Å². The Hall–Kier alpha value is -2.05. The summed E-state index contributed by atoms with van der Waals surface area (Å²) in [5.74, 6) is -1.56. The smallest absolute Gasteiger partial charge is 0.160 e. The number of pyridine rings is 1. The fraction of sp³-hybridized carbons (Fsp3) is 0.522. The van der Waals surface area contributed by atoms with Crippen molar-refractivity contribution in [1.29, 1.82) is 0 Å². The molecule has 29 heavy (non-hydrogen) atoms. The van der Waals surface area contributed by atoms with Crippen molar-refractivity contribution in [2.24, 2.45) is 0 Å². The largest absolute Gasteiger partial charge is 0.371 e. The zero-order valence-corrected chi connectivity index (χ0v) is 16.9. The summed E-state index contributed by atoms with van der Waals surface area (Å²) < 4.78 is 26.7. The van der Waals surface area contributed by atoms with Gasteiger partial charge in [0.1, 0.15) is 0 Å². The third kappa shape index (κ3) is 5.11. The van der Waals surface area contributed by atoms with Crippen molar-refractivity contribution < 1.29 is 8.78 Å². The Morgan fingerprint density at radius 2 is 1.79 bits per heavy atom. The minimum atomic E-state index is -0.788. The first-order valence-corrected chi connectivity index (χ1v) is 10.8. The van der Waals surface area contributed by atoms with Crippen LogP contribution in [0.3, 0.4) is 0 Å². The highest BCUT2D eigenvalue weighted by Gasteiger charge is 2.25. The monoisotopic (exact) mass is 400 g/mol. The molecule has 2 aromatic rings. The quantitative estimate of drug-likeness (QED) is 0.790. The molecule has 0 bridgehead atoms. The molecule has 6 heteroatoms. The van der Waals surface area contributed by atoms with E-state index in [9.17, 15) is 8.78 Å². The number of piperidine rings is 2. The fourth-order valence-corrected chi connectivity index (χ4v) is 4.56. The molecule has 2 aliphatic heterocycles. The summed E-state index contributed by atoms with van der Waals surface area (Å²) in [6.45, 7) is 4.92. The lowest BCUT2D eigenvalue weighted by molar-refractivity contribution is 0.155. The maximum absolute atomic E-state index is 13.5. The summed E-state index contributed by atoms with van der Waals surface area (Å²) in [5.41, 5.74) is 2.05. The SMILES string of the molecule is Fc1ccc(N2CCC(NC[C@@H](c3cccnc3)N3CCCCC3)CC2)cc1F. The van der Waals surface area contributed by atoms with Crippen LogP contribution < -0.4 is 10.2 Å². The molecular formula is C23H30F2N4. The molecule has 4 nitrogen and oxygen atoms in total. The number of rotatable bonds is 6. The molecule has 1 N–H and O–H groups in total. The number of likely N-dealkylation sites (tertiary alicyclic amines) is 1. The van der Waals surface area contributed by atoms with E-state index in [1.807, 2.05) is 18.5 Å². The van der Waals surface area contributed by atoms with Crippen LogP contribution in [0.15, 0.2) is 42.7 Å². The molecule has 0 unspecified atom stereocenters. The zero-order chi connectivity index (χ0) is 20.1. The van der Waals surface area contributed by atoms with Crippen molar-refractivity contribution in [3.63, 3.8) is 0 Å². The number of halogens is 2. The summed E-state index contributed by atoms with van der Waals surface area (Å²) >= 11 is 0. The van der Waals surface area contributed by atoms with Gasteiger partial charge in [0.25, 0.3) is 0 Å². The van der Waals surface area contributed by atoms with E-state index >= 15 is 0 Å². The van der Waals surface area contributed by atoms with E-state index in [2.05, 4.69) is 26.2 Å². The topological polar surface area (TPSA) is 31.4 Å². The first-order chi connectivity index (χ1) is 14.2. The summed E-state index contributed by atoms with van der Waals surface area (Å²) in [7, 11) is 0. The Labute approximate surface area is 171 Å². The molecule has 0 amide bonds. The Kier molecular flexibility index (Phi) is 6.72. The third-order valence-corrected chi connectivity index (χ3v) is 6.26.